The zero-order valence-electron chi connectivity index (χ0n) is 17.8. The summed E-state index contributed by atoms with van der Waals surface area (Å²) in [6.07, 6.45) is 3.91. The molecular weight excluding hydrogens is 398 g/mol. The van der Waals surface area contributed by atoms with Gasteiger partial charge in [0.25, 0.3) is 5.91 Å². The van der Waals surface area contributed by atoms with E-state index < -0.39 is 0 Å². The van der Waals surface area contributed by atoms with E-state index in [0.29, 0.717) is 28.3 Å². The minimum absolute atomic E-state index is 0.186. The van der Waals surface area contributed by atoms with Crippen molar-refractivity contribution in [3.05, 3.63) is 40.4 Å². The molecule has 2 heterocycles. The molecule has 0 saturated carbocycles. The Morgan fingerprint density at radius 2 is 1.87 bits per heavy atom. The number of nitrogens with zero attached hydrogens (tertiary/aromatic N) is 2. The number of fused-ring (bicyclic) bond motifs is 1. The first-order valence-electron chi connectivity index (χ1n) is 10.7. The number of aromatic nitrogens is 1. The maximum atomic E-state index is 13.3. The summed E-state index contributed by atoms with van der Waals surface area (Å²) in [4.78, 5) is 33.8. The molecule has 0 spiro atoms. The van der Waals surface area contributed by atoms with Crippen LogP contribution in [0.5, 0.6) is 5.75 Å². The highest BCUT2D eigenvalue weighted by atomic mass is 32.1. The van der Waals surface area contributed by atoms with Gasteiger partial charge in [0.05, 0.1) is 18.7 Å². The Hall–Kier alpha value is -2.41. The lowest BCUT2D eigenvalue weighted by atomic mass is 9.87. The van der Waals surface area contributed by atoms with E-state index in [2.05, 4.69) is 19.2 Å². The molecular formula is C23H29N3O3S. The first-order chi connectivity index (χ1) is 14.4. The normalized spacial score (nSPS) is 23.6. The smallest absolute Gasteiger partial charge is 0.257 e. The molecule has 1 aliphatic heterocycles. The molecule has 3 atom stereocenters. The summed E-state index contributed by atoms with van der Waals surface area (Å²) in [6.45, 7) is 6.11. The summed E-state index contributed by atoms with van der Waals surface area (Å²) >= 11 is 1.50. The molecule has 2 amide bonds. The van der Waals surface area contributed by atoms with E-state index in [-0.39, 0.29) is 17.7 Å². The van der Waals surface area contributed by atoms with Crippen LogP contribution in [0.1, 0.15) is 60.0 Å². The highest BCUT2D eigenvalue weighted by molar-refractivity contribution is 7.16. The Morgan fingerprint density at radius 1 is 1.17 bits per heavy atom. The van der Waals surface area contributed by atoms with Crippen LogP contribution >= 0.6 is 11.3 Å². The van der Waals surface area contributed by atoms with Crippen LogP contribution in [0.4, 0.5) is 5.13 Å². The molecule has 1 fully saturated rings. The minimum atomic E-state index is -0.203. The van der Waals surface area contributed by atoms with E-state index in [0.717, 1.165) is 42.9 Å². The van der Waals surface area contributed by atoms with Gasteiger partial charge in [-0.3, -0.25) is 14.9 Å². The van der Waals surface area contributed by atoms with Crippen LogP contribution < -0.4 is 10.1 Å². The maximum absolute atomic E-state index is 13.3. The van der Waals surface area contributed by atoms with Crippen molar-refractivity contribution in [3.8, 4) is 5.75 Å². The number of hydrogen-bond acceptors (Lipinski definition) is 5. The quantitative estimate of drug-likeness (QED) is 0.788. The van der Waals surface area contributed by atoms with Crippen LogP contribution in [0.3, 0.4) is 0 Å². The summed E-state index contributed by atoms with van der Waals surface area (Å²) in [5.41, 5.74) is 1.42. The SMILES string of the molecule is COc1ccc(C(=O)Nc2nc3c(s2)CCCC3C(=O)N2CC(C)CC(C)C2)cc1. The molecule has 7 heteroatoms. The molecule has 30 heavy (non-hydrogen) atoms. The van der Waals surface area contributed by atoms with Gasteiger partial charge < -0.3 is 9.64 Å². The van der Waals surface area contributed by atoms with Crippen molar-refractivity contribution in [3.63, 3.8) is 0 Å². The number of carbonyl (C=O) groups excluding carboxylic acids is 2. The number of aryl methyl sites for hydroxylation is 1. The number of piperidine rings is 1. The van der Waals surface area contributed by atoms with Crippen LogP contribution in [-0.2, 0) is 11.2 Å². The number of thiazole rings is 1. The lowest BCUT2D eigenvalue weighted by Crippen LogP contribution is -2.45. The topological polar surface area (TPSA) is 71.5 Å². The molecule has 0 bridgehead atoms. The largest absolute Gasteiger partial charge is 0.497 e. The number of likely N-dealkylation sites (tertiary alicyclic amines) is 1. The lowest BCUT2D eigenvalue weighted by molar-refractivity contribution is -0.136. The summed E-state index contributed by atoms with van der Waals surface area (Å²) in [6, 6.07) is 6.98. The van der Waals surface area contributed by atoms with Gasteiger partial charge in [0.1, 0.15) is 5.75 Å². The zero-order chi connectivity index (χ0) is 21.3. The molecule has 1 aliphatic carbocycles. The van der Waals surface area contributed by atoms with Crippen LogP contribution in [0.2, 0.25) is 0 Å². The Bertz CT molecular complexity index is 914. The number of benzene rings is 1. The Kier molecular flexibility index (Phi) is 6.09. The van der Waals surface area contributed by atoms with Crippen molar-refractivity contribution >= 4 is 28.3 Å². The number of carbonyl (C=O) groups is 2. The van der Waals surface area contributed by atoms with Crippen molar-refractivity contribution < 1.29 is 14.3 Å². The van der Waals surface area contributed by atoms with Gasteiger partial charge in [0.15, 0.2) is 5.13 Å². The van der Waals surface area contributed by atoms with Gasteiger partial charge >= 0.3 is 0 Å². The first kappa shape index (κ1) is 20.8. The maximum Gasteiger partial charge on any atom is 0.257 e. The molecule has 2 aliphatic rings. The van der Waals surface area contributed by atoms with Gasteiger partial charge in [0, 0.05) is 23.5 Å². The number of anilines is 1. The summed E-state index contributed by atoms with van der Waals surface area (Å²) in [5.74, 6) is 1.59. The number of methoxy groups -OCH3 is 1. The van der Waals surface area contributed by atoms with Crippen LogP contribution in [0.25, 0.3) is 0 Å². The molecule has 1 aromatic carbocycles. The molecule has 6 nitrogen and oxygen atoms in total. The van der Waals surface area contributed by atoms with Crippen molar-refractivity contribution in [1.82, 2.24) is 9.88 Å². The average Bonchev–Trinajstić information content (AvgIpc) is 3.15. The summed E-state index contributed by atoms with van der Waals surface area (Å²) in [7, 11) is 1.60. The van der Waals surface area contributed by atoms with E-state index in [1.54, 1.807) is 31.4 Å². The van der Waals surface area contributed by atoms with E-state index in [1.807, 2.05) is 4.90 Å². The fourth-order valence-electron chi connectivity index (χ4n) is 4.69. The molecule has 1 aromatic heterocycles. The second-order valence-electron chi connectivity index (χ2n) is 8.64. The number of rotatable bonds is 4. The van der Waals surface area contributed by atoms with Gasteiger partial charge in [-0.15, -0.1) is 11.3 Å². The van der Waals surface area contributed by atoms with Gasteiger partial charge in [0.2, 0.25) is 5.91 Å². The van der Waals surface area contributed by atoms with Gasteiger partial charge in [-0.05, 0) is 61.8 Å². The molecule has 0 radical (unpaired) electrons. The highest BCUT2D eigenvalue weighted by Gasteiger charge is 2.35. The number of ether oxygens (including phenoxy) is 1. The third-order valence-corrected chi connectivity index (χ3v) is 7.05. The van der Waals surface area contributed by atoms with Crippen LogP contribution in [0, 0.1) is 11.8 Å². The average molecular weight is 428 g/mol. The fraction of sp³-hybridized carbons (Fsp3) is 0.522. The Morgan fingerprint density at radius 3 is 2.53 bits per heavy atom. The lowest BCUT2D eigenvalue weighted by Gasteiger charge is -2.37. The monoisotopic (exact) mass is 427 g/mol. The highest BCUT2D eigenvalue weighted by Crippen LogP contribution is 2.38. The molecule has 3 unspecified atom stereocenters. The van der Waals surface area contributed by atoms with Crippen LogP contribution in [0.15, 0.2) is 24.3 Å². The minimum Gasteiger partial charge on any atom is -0.497 e. The van der Waals surface area contributed by atoms with Crippen molar-refractivity contribution in [2.75, 3.05) is 25.5 Å². The molecule has 4 rings (SSSR count). The predicted molar refractivity (Wildman–Crippen MR) is 118 cm³/mol. The number of nitrogens with one attached hydrogen (secondary N) is 1. The van der Waals surface area contributed by atoms with Crippen molar-refractivity contribution in [2.24, 2.45) is 11.8 Å². The molecule has 2 aromatic rings. The van der Waals surface area contributed by atoms with E-state index in [9.17, 15) is 9.59 Å². The molecule has 1 N–H and O–H groups in total. The fourth-order valence-corrected chi connectivity index (χ4v) is 5.75. The zero-order valence-corrected chi connectivity index (χ0v) is 18.6. The Balaban J connectivity index is 1.49. The number of hydrogen-bond donors (Lipinski definition) is 1. The van der Waals surface area contributed by atoms with Crippen molar-refractivity contribution in [1.29, 1.82) is 0 Å². The molecule has 1 saturated heterocycles. The third-order valence-electron chi connectivity index (χ3n) is 6.01. The Labute approximate surface area is 181 Å². The van der Waals surface area contributed by atoms with E-state index in [4.69, 9.17) is 9.72 Å². The second-order valence-corrected chi connectivity index (χ2v) is 9.73. The predicted octanol–water partition coefficient (Wildman–Crippen LogP) is 4.33. The van der Waals surface area contributed by atoms with E-state index in [1.165, 1.54) is 17.8 Å². The number of amides is 2. The first-order valence-corrected chi connectivity index (χ1v) is 11.5. The molecule has 160 valence electrons. The summed E-state index contributed by atoms with van der Waals surface area (Å²) in [5, 5.41) is 3.48. The van der Waals surface area contributed by atoms with Crippen molar-refractivity contribution in [2.45, 2.75) is 45.4 Å². The standard InChI is InChI=1S/C23H29N3O3S/c1-14-11-15(2)13-26(12-14)22(28)18-5-4-6-19-20(18)24-23(30-19)25-21(27)16-7-9-17(29-3)10-8-16/h7-10,14-15,18H,4-6,11-13H2,1-3H3,(H,24,25,27). The third kappa shape index (κ3) is 4.36. The van der Waals surface area contributed by atoms with Gasteiger partial charge in [-0.2, -0.15) is 0 Å². The van der Waals surface area contributed by atoms with Gasteiger partial charge in [-0.25, -0.2) is 4.98 Å². The van der Waals surface area contributed by atoms with E-state index >= 15 is 0 Å². The van der Waals surface area contributed by atoms with Crippen LogP contribution in [-0.4, -0.2) is 41.9 Å². The van der Waals surface area contributed by atoms with Gasteiger partial charge in [-0.1, -0.05) is 13.8 Å². The summed E-state index contributed by atoms with van der Waals surface area (Å²) < 4.78 is 5.14. The second kappa shape index (κ2) is 8.76.